The van der Waals surface area contributed by atoms with E-state index in [1.54, 1.807) is 6.20 Å². The van der Waals surface area contributed by atoms with E-state index in [-0.39, 0.29) is 18.3 Å². The van der Waals surface area contributed by atoms with Gasteiger partial charge in [0, 0.05) is 18.2 Å². The zero-order chi connectivity index (χ0) is 13.0. The number of ether oxygens (including phenoxy) is 1. The maximum atomic E-state index is 6.07. The van der Waals surface area contributed by atoms with Gasteiger partial charge in [0.05, 0.1) is 17.8 Å². The summed E-state index contributed by atoms with van der Waals surface area (Å²) in [5, 5.41) is 0. The number of aromatic nitrogens is 1. The van der Waals surface area contributed by atoms with Crippen molar-refractivity contribution in [3.63, 3.8) is 0 Å². The Balaban J connectivity index is 1.97. The standard InChI is InChI=1S/C13H18BNO3/c1-12(2)13(3,4)18-14(17-12)10-5-7-15-11-9(10)6-8-16-11/h5,7H,6,8H2,1-4H3. The Hall–Kier alpha value is -1.07. The topological polar surface area (TPSA) is 40.6 Å². The van der Waals surface area contributed by atoms with E-state index in [0.717, 1.165) is 23.3 Å². The molecular formula is C13H18BNO3. The van der Waals surface area contributed by atoms with Crippen LogP contribution in [0.4, 0.5) is 0 Å². The molecule has 0 saturated carbocycles. The van der Waals surface area contributed by atoms with E-state index in [1.165, 1.54) is 0 Å². The lowest BCUT2D eigenvalue weighted by Gasteiger charge is -2.32. The molecule has 0 atom stereocenters. The van der Waals surface area contributed by atoms with E-state index in [9.17, 15) is 0 Å². The van der Waals surface area contributed by atoms with Crippen LogP contribution in [0.2, 0.25) is 0 Å². The molecule has 1 saturated heterocycles. The fourth-order valence-electron chi connectivity index (χ4n) is 2.30. The van der Waals surface area contributed by atoms with Crippen molar-refractivity contribution in [3.05, 3.63) is 17.8 Å². The van der Waals surface area contributed by atoms with Gasteiger partial charge in [-0.05, 0) is 39.2 Å². The second-order valence-electron chi connectivity index (χ2n) is 5.87. The fraction of sp³-hybridized carbons (Fsp3) is 0.615. The molecule has 0 bridgehead atoms. The largest absolute Gasteiger partial charge is 0.495 e. The number of hydrogen-bond acceptors (Lipinski definition) is 4. The third-order valence-electron chi connectivity index (χ3n) is 4.15. The van der Waals surface area contributed by atoms with Crippen LogP contribution in [0.3, 0.4) is 0 Å². The molecule has 0 radical (unpaired) electrons. The van der Waals surface area contributed by atoms with E-state index < -0.39 is 0 Å². The van der Waals surface area contributed by atoms with Crippen LogP contribution in [0, 0.1) is 0 Å². The summed E-state index contributed by atoms with van der Waals surface area (Å²) in [5.74, 6) is 0.724. The molecule has 0 unspecified atom stereocenters. The Morgan fingerprint density at radius 2 is 1.83 bits per heavy atom. The zero-order valence-corrected chi connectivity index (χ0v) is 11.3. The molecule has 0 spiro atoms. The van der Waals surface area contributed by atoms with Crippen molar-refractivity contribution < 1.29 is 14.0 Å². The Kier molecular flexibility index (Phi) is 2.47. The number of pyridine rings is 1. The predicted molar refractivity (Wildman–Crippen MR) is 69.2 cm³/mol. The van der Waals surface area contributed by atoms with Gasteiger partial charge < -0.3 is 14.0 Å². The molecule has 2 aliphatic heterocycles. The molecule has 4 nitrogen and oxygen atoms in total. The zero-order valence-electron chi connectivity index (χ0n) is 11.3. The maximum Gasteiger partial charge on any atom is 0.495 e. The molecule has 0 aliphatic carbocycles. The molecule has 2 aliphatic rings. The van der Waals surface area contributed by atoms with Gasteiger partial charge in [-0.25, -0.2) is 4.98 Å². The van der Waals surface area contributed by atoms with Crippen molar-refractivity contribution in [3.8, 4) is 5.88 Å². The number of rotatable bonds is 1. The molecule has 1 fully saturated rings. The highest BCUT2D eigenvalue weighted by atomic mass is 16.7. The van der Waals surface area contributed by atoms with Gasteiger partial charge >= 0.3 is 7.12 Å². The number of nitrogens with zero attached hydrogens (tertiary/aromatic N) is 1. The summed E-state index contributed by atoms with van der Waals surface area (Å²) in [7, 11) is -0.326. The quantitative estimate of drug-likeness (QED) is 0.701. The lowest BCUT2D eigenvalue weighted by molar-refractivity contribution is 0.00578. The minimum Gasteiger partial charge on any atom is -0.477 e. The Morgan fingerprint density at radius 1 is 1.17 bits per heavy atom. The second kappa shape index (κ2) is 3.71. The third kappa shape index (κ3) is 1.65. The van der Waals surface area contributed by atoms with Crippen LogP contribution in [0.5, 0.6) is 5.88 Å². The molecule has 0 N–H and O–H groups in total. The minimum atomic E-state index is -0.326. The summed E-state index contributed by atoms with van der Waals surface area (Å²) >= 11 is 0. The van der Waals surface area contributed by atoms with Crippen molar-refractivity contribution in [1.29, 1.82) is 0 Å². The summed E-state index contributed by atoms with van der Waals surface area (Å²) in [5.41, 5.74) is 1.55. The lowest BCUT2D eigenvalue weighted by Crippen LogP contribution is -2.41. The van der Waals surface area contributed by atoms with Gasteiger partial charge in [-0.15, -0.1) is 0 Å². The normalized spacial score (nSPS) is 23.9. The first-order valence-corrected chi connectivity index (χ1v) is 6.37. The Morgan fingerprint density at radius 3 is 2.50 bits per heavy atom. The monoisotopic (exact) mass is 247 g/mol. The van der Waals surface area contributed by atoms with Crippen LogP contribution in [0.15, 0.2) is 12.3 Å². The third-order valence-corrected chi connectivity index (χ3v) is 4.15. The molecular weight excluding hydrogens is 229 g/mol. The Labute approximate surface area is 108 Å². The van der Waals surface area contributed by atoms with Crippen molar-refractivity contribution in [2.24, 2.45) is 0 Å². The highest BCUT2D eigenvalue weighted by molar-refractivity contribution is 6.62. The van der Waals surface area contributed by atoms with Gasteiger partial charge in [-0.2, -0.15) is 0 Å². The molecule has 5 heteroatoms. The Bertz CT molecular complexity index is 471. The average molecular weight is 247 g/mol. The van der Waals surface area contributed by atoms with Crippen molar-refractivity contribution in [2.45, 2.75) is 45.3 Å². The van der Waals surface area contributed by atoms with E-state index >= 15 is 0 Å². The average Bonchev–Trinajstić information content (AvgIpc) is 2.81. The van der Waals surface area contributed by atoms with Gasteiger partial charge in [-0.3, -0.25) is 0 Å². The van der Waals surface area contributed by atoms with Crippen LogP contribution < -0.4 is 10.2 Å². The first-order chi connectivity index (χ1) is 8.41. The summed E-state index contributed by atoms with van der Waals surface area (Å²) in [6.45, 7) is 8.94. The first-order valence-electron chi connectivity index (χ1n) is 6.37. The van der Waals surface area contributed by atoms with Crippen molar-refractivity contribution in [1.82, 2.24) is 4.98 Å². The molecule has 3 rings (SSSR count). The minimum absolute atomic E-state index is 0.312. The second-order valence-corrected chi connectivity index (χ2v) is 5.87. The highest BCUT2D eigenvalue weighted by Gasteiger charge is 2.52. The SMILES string of the molecule is CC1(C)OB(c2ccnc3c2CCO3)OC1(C)C. The molecule has 0 amide bonds. The van der Waals surface area contributed by atoms with Crippen LogP contribution in [0.1, 0.15) is 33.3 Å². The van der Waals surface area contributed by atoms with Crippen LogP contribution in [-0.4, -0.2) is 29.9 Å². The summed E-state index contributed by atoms with van der Waals surface area (Å²) in [6, 6.07) is 1.97. The highest BCUT2D eigenvalue weighted by Crippen LogP contribution is 2.37. The van der Waals surface area contributed by atoms with Gasteiger partial charge in [0.1, 0.15) is 0 Å². The van der Waals surface area contributed by atoms with Crippen molar-refractivity contribution in [2.75, 3.05) is 6.61 Å². The smallest absolute Gasteiger partial charge is 0.477 e. The van der Waals surface area contributed by atoms with E-state index in [2.05, 4.69) is 32.7 Å². The summed E-state index contributed by atoms with van der Waals surface area (Å²) in [4.78, 5) is 4.23. The first kappa shape index (κ1) is 12.0. The summed E-state index contributed by atoms with van der Waals surface area (Å²) < 4.78 is 17.6. The van der Waals surface area contributed by atoms with Crippen LogP contribution in [0.25, 0.3) is 0 Å². The van der Waals surface area contributed by atoms with E-state index in [1.807, 2.05) is 6.07 Å². The van der Waals surface area contributed by atoms with Gasteiger partial charge in [0.2, 0.25) is 5.88 Å². The molecule has 3 heterocycles. The lowest BCUT2D eigenvalue weighted by atomic mass is 9.76. The predicted octanol–water partition coefficient (Wildman–Crippen LogP) is 1.32. The molecule has 1 aromatic rings. The molecule has 0 aromatic carbocycles. The van der Waals surface area contributed by atoms with Crippen molar-refractivity contribution >= 4 is 12.6 Å². The van der Waals surface area contributed by atoms with E-state index in [4.69, 9.17) is 14.0 Å². The van der Waals surface area contributed by atoms with Gasteiger partial charge in [0.25, 0.3) is 0 Å². The number of hydrogen-bond donors (Lipinski definition) is 0. The van der Waals surface area contributed by atoms with E-state index in [0.29, 0.717) is 6.61 Å². The molecule has 96 valence electrons. The number of fused-ring (bicyclic) bond motifs is 1. The summed E-state index contributed by atoms with van der Waals surface area (Å²) in [6.07, 6.45) is 2.63. The molecule has 18 heavy (non-hydrogen) atoms. The maximum absolute atomic E-state index is 6.07. The van der Waals surface area contributed by atoms with Gasteiger partial charge in [-0.1, -0.05) is 0 Å². The fourth-order valence-corrected chi connectivity index (χ4v) is 2.30. The molecule has 1 aromatic heterocycles. The van der Waals surface area contributed by atoms with Gasteiger partial charge in [0.15, 0.2) is 0 Å². The van der Waals surface area contributed by atoms with Crippen LogP contribution in [-0.2, 0) is 15.7 Å². The van der Waals surface area contributed by atoms with Crippen LogP contribution >= 0.6 is 0 Å².